The average molecular weight is 591 g/mol. The van der Waals surface area contributed by atoms with E-state index in [1.165, 1.54) is 0 Å². The van der Waals surface area contributed by atoms with E-state index in [4.69, 9.17) is 18.5 Å². The van der Waals surface area contributed by atoms with Crippen molar-refractivity contribution in [3.8, 4) is 0 Å². The molecule has 40 heavy (non-hydrogen) atoms. The number of phosphoric acid groups is 1. The van der Waals surface area contributed by atoms with Crippen LogP contribution in [0.2, 0.25) is 0 Å². The van der Waals surface area contributed by atoms with E-state index in [-0.39, 0.29) is 26.1 Å². The van der Waals surface area contributed by atoms with Crippen molar-refractivity contribution < 1.29 is 42.1 Å². The molecule has 0 saturated heterocycles. The molecule has 0 rings (SSSR count). The largest absolute Gasteiger partial charge is 0.472 e. The molecule has 0 aliphatic carbocycles. The zero-order valence-electron chi connectivity index (χ0n) is 25.7. The first-order chi connectivity index (χ1) is 19.0. The third kappa shape index (κ3) is 26.7. The Balaban J connectivity index is 4.56. The number of carbonyl (C=O) groups excluding carboxylic acids is 2. The van der Waals surface area contributed by atoms with Crippen LogP contribution in [0.1, 0.15) is 103 Å². The van der Waals surface area contributed by atoms with Crippen LogP contribution in [0.5, 0.6) is 0 Å². The third-order valence-corrected chi connectivity index (χ3v) is 7.10. The predicted molar refractivity (Wildman–Crippen MR) is 160 cm³/mol. The van der Waals surface area contributed by atoms with Crippen LogP contribution in [0.15, 0.2) is 24.8 Å². The fraction of sp³-hybridized carbons (Fsp3) is 0.800. The Bertz CT molecular complexity index is 750. The van der Waals surface area contributed by atoms with E-state index in [0.717, 1.165) is 77.0 Å². The van der Waals surface area contributed by atoms with Gasteiger partial charge in [0.05, 0.1) is 27.7 Å². The lowest BCUT2D eigenvalue weighted by molar-refractivity contribution is -0.870. The fourth-order valence-corrected chi connectivity index (χ4v) is 4.44. The van der Waals surface area contributed by atoms with Gasteiger partial charge in [0.1, 0.15) is 19.8 Å². The molecule has 234 valence electrons. The number of allylic oxidation sites excluding steroid dienone is 3. The average Bonchev–Trinajstić information content (AvgIpc) is 2.88. The normalized spacial score (nSPS) is 14.1. The van der Waals surface area contributed by atoms with Gasteiger partial charge in [0.2, 0.25) is 0 Å². The molecular weight excluding hydrogens is 533 g/mol. The Hall–Kier alpha value is -1.51. The SMILES string of the molecule is C=CCCCCCCCC(=O)O[C@H](COC(=O)CCCCCCC/C=C/CC)COP(=O)(O)OCC[N+](C)(C)C. The molecule has 0 bridgehead atoms. The van der Waals surface area contributed by atoms with E-state index in [2.05, 4.69) is 25.7 Å². The highest BCUT2D eigenvalue weighted by molar-refractivity contribution is 7.47. The number of carbonyl (C=O) groups is 2. The molecule has 2 atom stereocenters. The standard InChI is InChI=1S/C30H56NO8P/c1-6-8-10-12-14-15-17-18-20-22-29(32)36-26-28(27-38-40(34,35)37-25-24-31(3,4)5)39-30(33)23-21-19-16-13-11-9-7-2/h7-8,10,28H,2,6,9,11-27H2,1,3-5H3/p+1/b10-8+/t28-/m1/s1. The first kappa shape index (κ1) is 38.5. The Morgan fingerprint density at radius 1 is 0.825 bits per heavy atom. The Kier molecular flexibility index (Phi) is 23.2. The summed E-state index contributed by atoms with van der Waals surface area (Å²) in [6.45, 7) is 5.72. The molecular formula is C30H57NO8P+. The van der Waals surface area contributed by atoms with Crippen LogP contribution in [0.4, 0.5) is 0 Å². The number of hydrogen-bond acceptors (Lipinski definition) is 7. The van der Waals surface area contributed by atoms with Crippen molar-refractivity contribution in [1.29, 1.82) is 0 Å². The minimum absolute atomic E-state index is 0.0267. The first-order valence-corrected chi connectivity index (χ1v) is 16.5. The summed E-state index contributed by atoms with van der Waals surface area (Å²) >= 11 is 0. The van der Waals surface area contributed by atoms with Gasteiger partial charge < -0.3 is 18.9 Å². The summed E-state index contributed by atoms with van der Waals surface area (Å²) < 4.78 is 33.7. The maximum absolute atomic E-state index is 12.4. The number of phosphoric ester groups is 1. The summed E-state index contributed by atoms with van der Waals surface area (Å²) in [4.78, 5) is 34.7. The minimum atomic E-state index is -4.35. The van der Waals surface area contributed by atoms with Gasteiger partial charge in [-0.3, -0.25) is 18.6 Å². The van der Waals surface area contributed by atoms with Crippen molar-refractivity contribution in [3.63, 3.8) is 0 Å². The topological polar surface area (TPSA) is 108 Å². The molecule has 1 N–H and O–H groups in total. The molecule has 0 radical (unpaired) electrons. The Labute approximate surface area is 243 Å². The number of esters is 2. The highest BCUT2D eigenvalue weighted by Gasteiger charge is 2.27. The van der Waals surface area contributed by atoms with Crippen molar-refractivity contribution in [3.05, 3.63) is 24.8 Å². The molecule has 0 saturated carbocycles. The molecule has 0 aromatic carbocycles. The summed E-state index contributed by atoms with van der Waals surface area (Å²) in [5.41, 5.74) is 0. The van der Waals surface area contributed by atoms with Crippen LogP contribution >= 0.6 is 7.82 Å². The molecule has 9 nitrogen and oxygen atoms in total. The summed E-state index contributed by atoms with van der Waals surface area (Å²) in [7, 11) is 1.45. The summed E-state index contributed by atoms with van der Waals surface area (Å²) in [5.74, 6) is -0.846. The van der Waals surface area contributed by atoms with E-state index in [1.54, 1.807) is 0 Å². The second-order valence-electron chi connectivity index (χ2n) is 11.2. The lowest BCUT2D eigenvalue weighted by Gasteiger charge is -2.24. The van der Waals surface area contributed by atoms with Crippen LogP contribution in [-0.2, 0) is 32.7 Å². The Morgan fingerprint density at radius 2 is 1.40 bits per heavy atom. The van der Waals surface area contributed by atoms with Crippen LogP contribution in [0, 0.1) is 0 Å². The molecule has 1 unspecified atom stereocenters. The molecule has 0 amide bonds. The van der Waals surface area contributed by atoms with E-state index in [0.29, 0.717) is 17.4 Å². The summed E-state index contributed by atoms with van der Waals surface area (Å²) in [6.07, 6.45) is 18.7. The zero-order chi connectivity index (χ0) is 30.1. The van der Waals surface area contributed by atoms with E-state index >= 15 is 0 Å². The fourth-order valence-electron chi connectivity index (χ4n) is 3.70. The van der Waals surface area contributed by atoms with Crippen molar-refractivity contribution in [2.45, 2.75) is 109 Å². The van der Waals surface area contributed by atoms with Gasteiger partial charge in [-0.25, -0.2) is 4.57 Å². The van der Waals surface area contributed by atoms with Crippen molar-refractivity contribution >= 4 is 19.8 Å². The maximum Gasteiger partial charge on any atom is 0.472 e. The van der Waals surface area contributed by atoms with Gasteiger partial charge in [-0.15, -0.1) is 6.58 Å². The van der Waals surface area contributed by atoms with Crippen LogP contribution in [0.25, 0.3) is 0 Å². The second kappa shape index (κ2) is 24.1. The van der Waals surface area contributed by atoms with E-state index in [9.17, 15) is 19.0 Å². The van der Waals surface area contributed by atoms with Crippen molar-refractivity contribution in [1.82, 2.24) is 0 Å². The zero-order valence-corrected chi connectivity index (χ0v) is 26.5. The maximum atomic E-state index is 12.4. The van der Waals surface area contributed by atoms with Gasteiger partial charge in [-0.05, 0) is 44.9 Å². The highest BCUT2D eigenvalue weighted by Crippen LogP contribution is 2.43. The van der Waals surface area contributed by atoms with E-state index < -0.39 is 32.5 Å². The van der Waals surface area contributed by atoms with Crippen LogP contribution < -0.4 is 0 Å². The molecule has 0 aromatic heterocycles. The molecule has 0 aromatic rings. The highest BCUT2D eigenvalue weighted by atomic mass is 31.2. The number of quaternary nitrogens is 1. The quantitative estimate of drug-likeness (QED) is 0.0362. The number of ether oxygens (including phenoxy) is 2. The summed E-state index contributed by atoms with van der Waals surface area (Å²) in [5, 5.41) is 0. The number of rotatable bonds is 27. The van der Waals surface area contributed by atoms with Crippen molar-refractivity contribution in [2.24, 2.45) is 0 Å². The van der Waals surface area contributed by atoms with Crippen LogP contribution in [0.3, 0.4) is 0 Å². The molecule has 0 aliphatic heterocycles. The number of unbranched alkanes of at least 4 members (excludes halogenated alkanes) is 10. The van der Waals surface area contributed by atoms with Gasteiger partial charge in [0, 0.05) is 12.8 Å². The monoisotopic (exact) mass is 590 g/mol. The second-order valence-corrected chi connectivity index (χ2v) is 12.6. The van der Waals surface area contributed by atoms with Gasteiger partial charge in [-0.1, -0.05) is 63.7 Å². The first-order valence-electron chi connectivity index (χ1n) is 15.0. The predicted octanol–water partition coefficient (Wildman–Crippen LogP) is 6.89. The summed E-state index contributed by atoms with van der Waals surface area (Å²) in [6, 6.07) is 0. The Morgan fingerprint density at radius 3 is 2.00 bits per heavy atom. The van der Waals surface area contributed by atoms with Gasteiger partial charge in [0.15, 0.2) is 6.10 Å². The third-order valence-electron chi connectivity index (χ3n) is 6.11. The lowest BCUT2D eigenvalue weighted by Crippen LogP contribution is -2.37. The van der Waals surface area contributed by atoms with E-state index in [1.807, 2.05) is 27.2 Å². The van der Waals surface area contributed by atoms with Gasteiger partial charge in [0.25, 0.3) is 0 Å². The number of likely N-dealkylation sites (N-methyl/N-ethyl adjacent to an activating group) is 1. The van der Waals surface area contributed by atoms with Crippen LogP contribution in [-0.4, -0.2) is 74.9 Å². The van der Waals surface area contributed by atoms with Gasteiger partial charge in [-0.2, -0.15) is 0 Å². The van der Waals surface area contributed by atoms with Gasteiger partial charge >= 0.3 is 19.8 Å². The lowest BCUT2D eigenvalue weighted by atomic mass is 10.1. The smallest absolute Gasteiger partial charge is 0.462 e. The molecule has 0 fully saturated rings. The number of hydrogen-bond donors (Lipinski definition) is 1. The minimum Gasteiger partial charge on any atom is -0.462 e. The number of nitrogens with zero attached hydrogens (tertiary/aromatic N) is 1. The molecule has 0 spiro atoms. The molecule has 0 aliphatic rings. The molecule has 0 heterocycles. The van der Waals surface area contributed by atoms with Crippen molar-refractivity contribution in [2.75, 3.05) is 47.5 Å². The molecule has 10 heteroatoms.